The third-order valence-electron chi connectivity index (χ3n) is 6.66. The average Bonchev–Trinajstić information content (AvgIpc) is 3.38. The van der Waals surface area contributed by atoms with Gasteiger partial charge in [-0.3, -0.25) is 14.4 Å². The van der Waals surface area contributed by atoms with Crippen LogP contribution in [0.3, 0.4) is 0 Å². The van der Waals surface area contributed by atoms with Gasteiger partial charge in [0.1, 0.15) is 43.8 Å². The van der Waals surface area contributed by atoms with Crippen LogP contribution in [0.1, 0.15) is 35.7 Å². The molecule has 38 heavy (non-hydrogen) atoms. The lowest BCUT2D eigenvalue weighted by Crippen LogP contribution is -2.35. The molecular formula is C27H28ClF2N3O5. The normalized spacial score (nSPS) is 16.2. The minimum absolute atomic E-state index is 0.214. The first-order chi connectivity index (χ1) is 18.5. The number of benzene rings is 2. The van der Waals surface area contributed by atoms with Crippen molar-refractivity contribution >= 4 is 17.7 Å². The molecule has 2 aromatic carbocycles. The van der Waals surface area contributed by atoms with E-state index in [1.165, 1.54) is 5.57 Å². The lowest BCUT2D eigenvalue weighted by Gasteiger charge is -2.32. The highest BCUT2D eigenvalue weighted by molar-refractivity contribution is 6.32. The number of nitrogens with zero attached hydrogens (tertiary/aromatic N) is 2. The lowest BCUT2D eigenvalue weighted by atomic mass is 9.95. The van der Waals surface area contributed by atoms with Crippen molar-refractivity contribution in [2.24, 2.45) is 0 Å². The predicted octanol–water partition coefficient (Wildman–Crippen LogP) is 4.94. The fourth-order valence-corrected chi connectivity index (χ4v) is 4.87. The molecule has 0 radical (unpaired) electrons. The summed E-state index contributed by atoms with van der Waals surface area (Å²) in [6.45, 7) is 1.53. The van der Waals surface area contributed by atoms with Crippen LogP contribution in [-0.4, -0.2) is 60.7 Å². The molecular weight excluding hydrogens is 520 g/mol. The fraction of sp³-hybridized carbons (Fsp3) is 0.407. The van der Waals surface area contributed by atoms with Crippen molar-refractivity contribution in [3.8, 4) is 17.2 Å². The maximum atomic E-state index is 12.7. The van der Waals surface area contributed by atoms with Gasteiger partial charge in [0.25, 0.3) is 0 Å². The quantitative estimate of drug-likeness (QED) is 0.384. The zero-order chi connectivity index (χ0) is 26.5. The summed E-state index contributed by atoms with van der Waals surface area (Å²) in [5.74, 6) is 1.98. The van der Waals surface area contributed by atoms with E-state index in [0.717, 1.165) is 49.4 Å². The standard InChI is InChI=1S/C27H28ClF2N3O5/c28-23-10-17(1-4-24(23)37-22(12-29)13-30)15-35-21-3-2-20-9-18(16-36-25(20)11-21)14-33-7-5-19(6-8-33)26-31-27(34)38-32-26/h1-4,9-11,19,22H,5-8,12-16H2,(H,31,32,34). The van der Waals surface area contributed by atoms with E-state index in [9.17, 15) is 13.6 Å². The van der Waals surface area contributed by atoms with E-state index in [4.69, 9.17) is 25.8 Å². The summed E-state index contributed by atoms with van der Waals surface area (Å²) < 4.78 is 47.2. The molecule has 1 fully saturated rings. The van der Waals surface area contributed by atoms with E-state index in [2.05, 4.69) is 25.6 Å². The second-order valence-corrected chi connectivity index (χ2v) is 9.83. The molecule has 2 aliphatic heterocycles. The van der Waals surface area contributed by atoms with Gasteiger partial charge in [-0.15, -0.1) is 0 Å². The van der Waals surface area contributed by atoms with Crippen LogP contribution >= 0.6 is 11.6 Å². The highest BCUT2D eigenvalue weighted by Gasteiger charge is 2.25. The van der Waals surface area contributed by atoms with Crippen molar-refractivity contribution in [2.75, 3.05) is 39.6 Å². The third kappa shape index (κ3) is 6.36. The Bertz CT molecular complexity index is 1330. The molecule has 1 N–H and O–H groups in total. The summed E-state index contributed by atoms with van der Waals surface area (Å²) in [6, 6.07) is 10.7. The largest absolute Gasteiger partial charge is 0.489 e. The first kappa shape index (κ1) is 26.2. The van der Waals surface area contributed by atoms with E-state index in [1.54, 1.807) is 18.2 Å². The van der Waals surface area contributed by atoms with Crippen molar-refractivity contribution in [1.82, 2.24) is 15.0 Å². The number of hydrogen-bond acceptors (Lipinski definition) is 7. The van der Waals surface area contributed by atoms with Gasteiger partial charge in [0, 0.05) is 24.1 Å². The van der Waals surface area contributed by atoms with E-state index < -0.39 is 25.2 Å². The maximum Gasteiger partial charge on any atom is 0.438 e. The van der Waals surface area contributed by atoms with Crippen molar-refractivity contribution in [3.63, 3.8) is 0 Å². The van der Waals surface area contributed by atoms with E-state index in [0.29, 0.717) is 18.2 Å². The molecule has 3 heterocycles. The van der Waals surface area contributed by atoms with Crippen LogP contribution in [0.5, 0.6) is 17.2 Å². The van der Waals surface area contributed by atoms with Crippen LogP contribution in [-0.2, 0) is 6.61 Å². The Morgan fingerprint density at radius 2 is 1.97 bits per heavy atom. The Hall–Kier alpha value is -3.37. The smallest absolute Gasteiger partial charge is 0.438 e. The van der Waals surface area contributed by atoms with Gasteiger partial charge < -0.3 is 14.2 Å². The summed E-state index contributed by atoms with van der Waals surface area (Å²) >= 11 is 6.21. The van der Waals surface area contributed by atoms with Crippen molar-refractivity contribution < 1.29 is 27.5 Å². The van der Waals surface area contributed by atoms with E-state index >= 15 is 0 Å². The van der Waals surface area contributed by atoms with Crippen molar-refractivity contribution in [1.29, 1.82) is 0 Å². The number of aromatic nitrogens is 2. The van der Waals surface area contributed by atoms with Gasteiger partial charge in [0.05, 0.1) is 5.02 Å². The number of hydrogen-bond donors (Lipinski definition) is 1. The van der Waals surface area contributed by atoms with Crippen LogP contribution in [0, 0.1) is 0 Å². The molecule has 11 heteroatoms. The third-order valence-corrected chi connectivity index (χ3v) is 6.95. The number of fused-ring (bicyclic) bond motifs is 1. The topological polar surface area (TPSA) is 89.8 Å². The van der Waals surface area contributed by atoms with Crippen molar-refractivity contribution in [2.45, 2.75) is 31.5 Å². The van der Waals surface area contributed by atoms with Crippen LogP contribution in [0.25, 0.3) is 6.08 Å². The van der Waals surface area contributed by atoms with Gasteiger partial charge in [-0.25, -0.2) is 13.6 Å². The number of H-pyrrole nitrogens is 1. The van der Waals surface area contributed by atoms with Gasteiger partial charge in [-0.1, -0.05) is 22.8 Å². The monoisotopic (exact) mass is 547 g/mol. The van der Waals surface area contributed by atoms with Gasteiger partial charge in [0.2, 0.25) is 0 Å². The van der Waals surface area contributed by atoms with Gasteiger partial charge >= 0.3 is 5.76 Å². The summed E-state index contributed by atoms with van der Waals surface area (Å²) in [5.41, 5.74) is 2.98. The molecule has 1 saturated heterocycles. The number of ether oxygens (including phenoxy) is 3. The summed E-state index contributed by atoms with van der Waals surface area (Å²) in [5, 5.41) is 4.09. The van der Waals surface area contributed by atoms with Crippen LogP contribution in [0.2, 0.25) is 5.02 Å². The Morgan fingerprint density at radius 1 is 1.16 bits per heavy atom. The highest BCUT2D eigenvalue weighted by atomic mass is 35.5. The molecule has 0 atom stereocenters. The highest BCUT2D eigenvalue weighted by Crippen LogP contribution is 2.33. The number of aromatic amines is 1. The molecule has 0 saturated carbocycles. The average molecular weight is 548 g/mol. The molecule has 0 bridgehead atoms. The Labute approximate surface area is 223 Å². The van der Waals surface area contributed by atoms with Gasteiger partial charge in [-0.05, 0) is 67.4 Å². The summed E-state index contributed by atoms with van der Waals surface area (Å²) in [7, 11) is 0. The van der Waals surface area contributed by atoms with E-state index in [-0.39, 0.29) is 23.3 Å². The first-order valence-electron chi connectivity index (χ1n) is 12.4. The number of piperidine rings is 1. The number of rotatable bonds is 10. The zero-order valence-electron chi connectivity index (χ0n) is 20.6. The molecule has 3 aromatic rings. The second-order valence-electron chi connectivity index (χ2n) is 9.42. The molecule has 202 valence electrons. The molecule has 0 spiro atoms. The minimum Gasteiger partial charge on any atom is -0.489 e. The van der Waals surface area contributed by atoms with Crippen LogP contribution in [0.15, 0.2) is 51.3 Å². The number of nitrogens with one attached hydrogen (secondary N) is 1. The molecule has 2 aliphatic rings. The molecule has 0 unspecified atom stereocenters. The lowest BCUT2D eigenvalue weighted by molar-refractivity contribution is 0.133. The predicted molar refractivity (Wildman–Crippen MR) is 138 cm³/mol. The van der Waals surface area contributed by atoms with Gasteiger partial charge in [0.15, 0.2) is 11.9 Å². The SMILES string of the molecule is O=c1[nH]c(C2CCN(CC3=Cc4ccc(OCc5ccc(OC(CF)CF)c(Cl)c5)cc4OC3)CC2)no1. The molecule has 5 rings (SSSR count). The number of alkyl halides is 2. The minimum atomic E-state index is -1.16. The number of likely N-dealkylation sites (tertiary alicyclic amines) is 1. The van der Waals surface area contributed by atoms with E-state index in [1.807, 2.05) is 18.2 Å². The van der Waals surface area contributed by atoms with Crippen LogP contribution < -0.4 is 20.0 Å². The van der Waals surface area contributed by atoms with Crippen LogP contribution in [0.4, 0.5) is 8.78 Å². The van der Waals surface area contributed by atoms with Crippen molar-refractivity contribution in [3.05, 3.63) is 74.5 Å². The molecule has 1 aromatic heterocycles. The fourth-order valence-electron chi connectivity index (χ4n) is 4.62. The first-order valence-corrected chi connectivity index (χ1v) is 12.8. The molecule has 0 aliphatic carbocycles. The van der Waals surface area contributed by atoms with Gasteiger partial charge in [-0.2, -0.15) is 0 Å². The zero-order valence-corrected chi connectivity index (χ0v) is 21.4. The summed E-state index contributed by atoms with van der Waals surface area (Å²) in [4.78, 5) is 16.2. The second kappa shape index (κ2) is 12.0. The summed E-state index contributed by atoms with van der Waals surface area (Å²) in [6.07, 6.45) is 2.81. The Balaban J connectivity index is 1.13. The Morgan fingerprint density at radius 3 is 2.68 bits per heavy atom. The maximum absolute atomic E-state index is 12.7. The Kier molecular flexibility index (Phi) is 8.29. The molecule has 0 amide bonds. The number of halogens is 3. The molecule has 8 nitrogen and oxygen atoms in total.